The molecule has 0 bridgehead atoms. The van der Waals surface area contributed by atoms with Crippen LogP contribution in [0.15, 0.2) is 71.6 Å². The fraction of sp³-hybridized carbons (Fsp3) is 0.174. The lowest BCUT2D eigenvalue weighted by atomic mass is 10.1. The maximum atomic E-state index is 13.3. The number of carbonyl (C=O) groups excluding carboxylic acids is 1. The second-order valence-corrected chi connectivity index (χ2v) is 8.95. The summed E-state index contributed by atoms with van der Waals surface area (Å²) in [5, 5.41) is 2.75. The molecule has 3 aromatic rings. The van der Waals surface area contributed by atoms with Crippen molar-refractivity contribution in [3.63, 3.8) is 0 Å². The van der Waals surface area contributed by atoms with Gasteiger partial charge in [0.25, 0.3) is 10.0 Å². The molecule has 3 aromatic carbocycles. The van der Waals surface area contributed by atoms with Crippen molar-refractivity contribution >= 4 is 27.3 Å². The number of ether oxygens (including phenoxy) is 1. The SMILES string of the molecule is COc1ccc(N(CC(=O)Nc2cc(C)cc(C)c2)S(=O)(=O)c2ccc(F)cc2)cc1. The maximum absolute atomic E-state index is 13.3. The van der Waals surface area contributed by atoms with Crippen molar-refractivity contribution in [1.82, 2.24) is 0 Å². The van der Waals surface area contributed by atoms with Crippen LogP contribution in [0.3, 0.4) is 0 Å². The lowest BCUT2D eigenvalue weighted by Crippen LogP contribution is -2.38. The third-order valence-electron chi connectivity index (χ3n) is 4.55. The standard InChI is InChI=1S/C23H23FN2O4S/c1-16-12-17(2)14-19(13-16)25-23(27)15-26(20-6-8-21(30-3)9-7-20)31(28,29)22-10-4-18(24)5-11-22/h4-14H,15H2,1-3H3,(H,25,27). The Morgan fingerprint density at radius 2 is 1.55 bits per heavy atom. The molecule has 0 heterocycles. The van der Waals surface area contributed by atoms with Gasteiger partial charge in [0, 0.05) is 5.69 Å². The van der Waals surface area contributed by atoms with Crippen LogP contribution in [0.25, 0.3) is 0 Å². The molecule has 0 saturated carbocycles. The zero-order valence-electron chi connectivity index (χ0n) is 17.4. The van der Waals surface area contributed by atoms with Crippen molar-refractivity contribution in [1.29, 1.82) is 0 Å². The van der Waals surface area contributed by atoms with Crippen LogP contribution in [0.4, 0.5) is 15.8 Å². The van der Waals surface area contributed by atoms with Gasteiger partial charge >= 0.3 is 0 Å². The van der Waals surface area contributed by atoms with Crippen molar-refractivity contribution < 1.29 is 22.3 Å². The highest BCUT2D eigenvalue weighted by molar-refractivity contribution is 7.92. The number of nitrogens with zero attached hydrogens (tertiary/aromatic N) is 1. The minimum atomic E-state index is -4.13. The number of carbonyl (C=O) groups is 1. The fourth-order valence-electron chi connectivity index (χ4n) is 3.18. The van der Waals surface area contributed by atoms with Crippen molar-refractivity contribution in [2.75, 3.05) is 23.3 Å². The number of rotatable bonds is 7. The van der Waals surface area contributed by atoms with Gasteiger partial charge in [-0.1, -0.05) is 6.07 Å². The lowest BCUT2D eigenvalue weighted by Gasteiger charge is -2.24. The van der Waals surface area contributed by atoms with Gasteiger partial charge in [-0.3, -0.25) is 9.10 Å². The van der Waals surface area contributed by atoms with E-state index in [1.807, 2.05) is 19.9 Å². The molecule has 0 radical (unpaired) electrons. The minimum Gasteiger partial charge on any atom is -0.497 e. The van der Waals surface area contributed by atoms with Gasteiger partial charge in [-0.05, 0) is 85.6 Å². The van der Waals surface area contributed by atoms with Crippen molar-refractivity contribution in [3.8, 4) is 5.75 Å². The summed E-state index contributed by atoms with van der Waals surface area (Å²) in [4.78, 5) is 12.7. The molecule has 3 rings (SSSR count). The number of methoxy groups -OCH3 is 1. The van der Waals surface area contributed by atoms with Gasteiger partial charge in [0.1, 0.15) is 18.1 Å². The molecule has 0 aliphatic heterocycles. The van der Waals surface area contributed by atoms with Gasteiger partial charge in [-0.15, -0.1) is 0 Å². The van der Waals surface area contributed by atoms with E-state index in [1.54, 1.807) is 36.4 Å². The molecular weight excluding hydrogens is 419 g/mol. The number of halogens is 1. The predicted octanol–water partition coefficient (Wildman–Crippen LogP) is 4.29. The molecule has 1 N–H and O–H groups in total. The van der Waals surface area contributed by atoms with Gasteiger partial charge in [-0.2, -0.15) is 0 Å². The lowest BCUT2D eigenvalue weighted by molar-refractivity contribution is -0.114. The summed E-state index contributed by atoms with van der Waals surface area (Å²) >= 11 is 0. The summed E-state index contributed by atoms with van der Waals surface area (Å²) in [5.41, 5.74) is 2.81. The molecule has 1 amide bonds. The molecule has 0 aliphatic rings. The zero-order valence-corrected chi connectivity index (χ0v) is 18.2. The highest BCUT2D eigenvalue weighted by atomic mass is 32.2. The van der Waals surface area contributed by atoms with E-state index in [-0.39, 0.29) is 10.6 Å². The average Bonchev–Trinajstić information content (AvgIpc) is 2.71. The van der Waals surface area contributed by atoms with Crippen molar-refractivity contribution in [2.24, 2.45) is 0 Å². The molecule has 0 spiro atoms. The Morgan fingerprint density at radius 1 is 0.968 bits per heavy atom. The average molecular weight is 443 g/mol. The number of benzene rings is 3. The number of hydrogen-bond acceptors (Lipinski definition) is 4. The normalized spacial score (nSPS) is 11.1. The zero-order chi connectivity index (χ0) is 22.6. The quantitative estimate of drug-likeness (QED) is 0.592. The van der Waals surface area contributed by atoms with Gasteiger partial charge in [-0.25, -0.2) is 12.8 Å². The Morgan fingerprint density at radius 3 is 2.10 bits per heavy atom. The third-order valence-corrected chi connectivity index (χ3v) is 6.34. The Balaban J connectivity index is 1.94. The molecule has 0 saturated heterocycles. The van der Waals surface area contributed by atoms with E-state index < -0.39 is 28.3 Å². The molecular formula is C23H23FN2O4S. The fourth-order valence-corrected chi connectivity index (χ4v) is 4.60. The van der Waals surface area contributed by atoms with Crippen LogP contribution in [-0.4, -0.2) is 28.0 Å². The summed E-state index contributed by atoms with van der Waals surface area (Å²) in [5.74, 6) is -0.517. The summed E-state index contributed by atoms with van der Waals surface area (Å²) in [6.07, 6.45) is 0. The van der Waals surface area contributed by atoms with Crippen LogP contribution in [0.1, 0.15) is 11.1 Å². The van der Waals surface area contributed by atoms with Crippen LogP contribution >= 0.6 is 0 Å². The first kappa shape index (κ1) is 22.3. The molecule has 162 valence electrons. The number of amides is 1. The molecule has 31 heavy (non-hydrogen) atoms. The van der Waals surface area contributed by atoms with Crippen LogP contribution < -0.4 is 14.4 Å². The van der Waals surface area contributed by atoms with E-state index in [1.165, 1.54) is 19.2 Å². The molecule has 0 aliphatic carbocycles. The summed E-state index contributed by atoms with van der Waals surface area (Å²) < 4.78 is 46.0. The van der Waals surface area contributed by atoms with Gasteiger partial charge in [0.2, 0.25) is 5.91 Å². The predicted molar refractivity (Wildman–Crippen MR) is 118 cm³/mol. The van der Waals surface area contributed by atoms with Crippen molar-refractivity contribution in [3.05, 3.63) is 83.7 Å². The first-order valence-electron chi connectivity index (χ1n) is 9.49. The summed E-state index contributed by atoms with van der Waals surface area (Å²) in [6.45, 7) is 3.36. The molecule has 0 fully saturated rings. The highest BCUT2D eigenvalue weighted by Crippen LogP contribution is 2.26. The molecule has 0 unspecified atom stereocenters. The van der Waals surface area contributed by atoms with E-state index >= 15 is 0 Å². The van der Waals surface area contributed by atoms with Crippen LogP contribution in [0.5, 0.6) is 5.75 Å². The van der Waals surface area contributed by atoms with Crippen molar-refractivity contribution in [2.45, 2.75) is 18.7 Å². The molecule has 0 atom stereocenters. The number of sulfonamides is 1. The second kappa shape index (κ2) is 9.18. The van der Waals surface area contributed by atoms with E-state index in [4.69, 9.17) is 4.74 Å². The number of nitrogens with one attached hydrogen (secondary N) is 1. The monoisotopic (exact) mass is 442 g/mol. The molecule has 8 heteroatoms. The number of anilines is 2. The van der Waals surface area contributed by atoms with Crippen LogP contribution in [-0.2, 0) is 14.8 Å². The van der Waals surface area contributed by atoms with Gasteiger partial charge in [0.15, 0.2) is 0 Å². The Bertz CT molecular complexity index is 1160. The Hall–Kier alpha value is -3.39. The number of hydrogen-bond donors (Lipinski definition) is 1. The van der Waals surface area contributed by atoms with E-state index in [2.05, 4.69) is 5.32 Å². The number of aryl methyl sites for hydroxylation is 2. The molecule has 6 nitrogen and oxygen atoms in total. The maximum Gasteiger partial charge on any atom is 0.264 e. The largest absolute Gasteiger partial charge is 0.497 e. The summed E-state index contributed by atoms with van der Waals surface area (Å²) in [6, 6.07) is 16.3. The van der Waals surface area contributed by atoms with E-state index in [0.717, 1.165) is 27.6 Å². The summed E-state index contributed by atoms with van der Waals surface area (Å²) in [7, 11) is -2.63. The van der Waals surface area contributed by atoms with Gasteiger partial charge < -0.3 is 10.1 Å². The molecule has 0 aromatic heterocycles. The Labute approximate surface area is 181 Å². The van der Waals surface area contributed by atoms with E-state index in [9.17, 15) is 17.6 Å². The topological polar surface area (TPSA) is 75.7 Å². The first-order chi connectivity index (χ1) is 14.7. The third kappa shape index (κ3) is 5.40. The first-order valence-corrected chi connectivity index (χ1v) is 10.9. The highest BCUT2D eigenvalue weighted by Gasteiger charge is 2.27. The van der Waals surface area contributed by atoms with E-state index in [0.29, 0.717) is 11.4 Å². The minimum absolute atomic E-state index is 0.121. The second-order valence-electron chi connectivity index (χ2n) is 7.09. The smallest absolute Gasteiger partial charge is 0.264 e. The van der Waals surface area contributed by atoms with Gasteiger partial charge in [0.05, 0.1) is 17.7 Å². The Kier molecular flexibility index (Phi) is 6.60. The van der Waals surface area contributed by atoms with Crippen LogP contribution in [0.2, 0.25) is 0 Å². The van der Waals surface area contributed by atoms with Crippen LogP contribution in [0, 0.1) is 19.7 Å².